The molecule has 0 atom stereocenters. The van der Waals surface area contributed by atoms with Crippen LogP contribution in [0.2, 0.25) is 5.02 Å². The zero-order valence-electron chi connectivity index (χ0n) is 13.9. The Labute approximate surface area is 164 Å². The molecule has 0 spiro atoms. The molecule has 9 heteroatoms. The molecule has 1 heterocycles. The number of halogens is 1. The van der Waals surface area contributed by atoms with Gasteiger partial charge in [0.15, 0.2) is 6.61 Å². The number of nitrogens with zero attached hydrogens (tertiary/aromatic N) is 3. The first-order valence-electron chi connectivity index (χ1n) is 7.76. The molecule has 0 radical (unpaired) electrons. The molecule has 27 heavy (non-hydrogen) atoms. The lowest BCUT2D eigenvalue weighted by Gasteiger charge is -2.04. The molecule has 0 aliphatic heterocycles. The summed E-state index contributed by atoms with van der Waals surface area (Å²) < 4.78 is 10.9. The van der Waals surface area contributed by atoms with E-state index in [0.717, 1.165) is 11.8 Å². The van der Waals surface area contributed by atoms with Crippen molar-refractivity contribution in [1.29, 1.82) is 5.26 Å². The Hall–Kier alpha value is -3.02. The highest BCUT2D eigenvalue weighted by molar-refractivity contribution is 7.99. The molecule has 136 valence electrons. The topological polar surface area (TPSA) is 101 Å². The molecular weight excluding hydrogens is 388 g/mol. The van der Waals surface area contributed by atoms with Crippen LogP contribution in [0, 0.1) is 11.3 Å². The molecule has 0 saturated heterocycles. The van der Waals surface area contributed by atoms with E-state index in [1.165, 1.54) is 0 Å². The van der Waals surface area contributed by atoms with Crippen LogP contribution in [0.15, 0.2) is 58.2 Å². The van der Waals surface area contributed by atoms with E-state index in [-0.39, 0.29) is 23.5 Å². The van der Waals surface area contributed by atoms with E-state index >= 15 is 0 Å². The molecule has 2 aromatic carbocycles. The summed E-state index contributed by atoms with van der Waals surface area (Å²) in [4.78, 5) is 12.0. The number of nitriles is 1. The summed E-state index contributed by atoms with van der Waals surface area (Å²) in [5.74, 6) is 0.781. The van der Waals surface area contributed by atoms with E-state index in [4.69, 9.17) is 26.0 Å². The van der Waals surface area contributed by atoms with Crippen LogP contribution in [0.3, 0.4) is 0 Å². The Morgan fingerprint density at radius 2 is 2.07 bits per heavy atom. The summed E-state index contributed by atoms with van der Waals surface area (Å²) >= 11 is 6.92. The van der Waals surface area contributed by atoms with E-state index < -0.39 is 0 Å². The van der Waals surface area contributed by atoms with E-state index in [2.05, 4.69) is 15.5 Å². The number of hydrogen-bond donors (Lipinski definition) is 1. The minimum Gasteiger partial charge on any atom is -0.484 e. The number of nitrogens with one attached hydrogen (secondary N) is 1. The van der Waals surface area contributed by atoms with Crippen molar-refractivity contribution < 1.29 is 13.9 Å². The Kier molecular flexibility index (Phi) is 6.30. The van der Waals surface area contributed by atoms with Gasteiger partial charge in [-0.1, -0.05) is 29.4 Å². The van der Waals surface area contributed by atoms with Gasteiger partial charge in [-0.25, -0.2) is 0 Å². The summed E-state index contributed by atoms with van der Waals surface area (Å²) in [6, 6.07) is 15.6. The van der Waals surface area contributed by atoms with Gasteiger partial charge in [-0.05, 0) is 42.5 Å². The van der Waals surface area contributed by atoms with E-state index in [0.29, 0.717) is 27.9 Å². The van der Waals surface area contributed by atoms with Crippen LogP contribution in [0.1, 0.15) is 11.5 Å². The van der Waals surface area contributed by atoms with Crippen LogP contribution < -0.4 is 10.1 Å². The predicted octanol–water partition coefficient (Wildman–Crippen LogP) is 3.90. The van der Waals surface area contributed by atoms with Crippen molar-refractivity contribution in [2.75, 3.05) is 11.1 Å². The summed E-state index contributed by atoms with van der Waals surface area (Å²) in [6.07, 6.45) is 0. The number of hydrogen-bond acceptors (Lipinski definition) is 7. The molecule has 3 aromatic rings. The fourth-order valence-corrected chi connectivity index (χ4v) is 2.73. The lowest BCUT2D eigenvalue weighted by molar-refractivity contribution is -0.113. The molecule has 0 aliphatic carbocycles. The average molecular weight is 401 g/mol. The zero-order chi connectivity index (χ0) is 19.1. The molecule has 1 aromatic heterocycles. The standard InChI is InChI=1S/C18H13ClN4O3S/c19-13-4-6-15(7-5-13)25-10-17-22-23-18(26-17)27-11-16(24)21-14-3-1-2-12(8-14)9-20/h1-8H,10-11H2,(H,21,24). The number of aromatic nitrogens is 2. The quantitative estimate of drug-likeness (QED) is 0.600. The summed E-state index contributed by atoms with van der Waals surface area (Å²) in [7, 11) is 0. The van der Waals surface area contributed by atoms with E-state index in [1.807, 2.05) is 6.07 Å². The second-order valence-corrected chi connectivity index (χ2v) is 6.60. The van der Waals surface area contributed by atoms with Crippen LogP contribution in [-0.4, -0.2) is 21.9 Å². The van der Waals surface area contributed by atoms with Gasteiger partial charge in [0.2, 0.25) is 5.91 Å². The van der Waals surface area contributed by atoms with Crippen molar-refractivity contribution in [2.45, 2.75) is 11.8 Å². The van der Waals surface area contributed by atoms with Gasteiger partial charge in [-0.2, -0.15) is 5.26 Å². The second-order valence-electron chi connectivity index (χ2n) is 5.23. The number of carbonyl (C=O) groups is 1. The summed E-state index contributed by atoms with van der Waals surface area (Å²) in [6.45, 7) is 0.113. The number of benzene rings is 2. The van der Waals surface area contributed by atoms with Crippen molar-refractivity contribution >= 4 is 35.0 Å². The normalized spacial score (nSPS) is 10.2. The highest BCUT2D eigenvalue weighted by Crippen LogP contribution is 2.19. The SMILES string of the molecule is N#Cc1cccc(NC(=O)CSc2nnc(COc3ccc(Cl)cc3)o2)c1. The summed E-state index contributed by atoms with van der Waals surface area (Å²) in [5.41, 5.74) is 1.03. The van der Waals surface area contributed by atoms with Gasteiger partial charge >= 0.3 is 0 Å². The molecule has 0 saturated carbocycles. The molecular formula is C18H13ClN4O3S. The summed E-state index contributed by atoms with van der Waals surface area (Å²) in [5, 5.41) is 20.2. The van der Waals surface area contributed by atoms with Crippen LogP contribution in [0.5, 0.6) is 5.75 Å². The molecule has 0 fully saturated rings. The van der Waals surface area contributed by atoms with Crippen molar-refractivity contribution in [2.24, 2.45) is 0 Å². The molecule has 7 nitrogen and oxygen atoms in total. The maximum Gasteiger partial charge on any atom is 0.277 e. The van der Waals surface area contributed by atoms with Gasteiger partial charge in [-0.3, -0.25) is 4.79 Å². The predicted molar refractivity (Wildman–Crippen MR) is 101 cm³/mol. The van der Waals surface area contributed by atoms with Crippen molar-refractivity contribution in [3.63, 3.8) is 0 Å². The van der Waals surface area contributed by atoms with Gasteiger partial charge in [0, 0.05) is 10.7 Å². The van der Waals surface area contributed by atoms with Crippen LogP contribution in [0.25, 0.3) is 0 Å². The van der Waals surface area contributed by atoms with Gasteiger partial charge < -0.3 is 14.5 Å². The largest absolute Gasteiger partial charge is 0.484 e. The highest BCUT2D eigenvalue weighted by Gasteiger charge is 2.11. The van der Waals surface area contributed by atoms with Crippen molar-refractivity contribution in [3.8, 4) is 11.8 Å². The number of anilines is 1. The number of thioether (sulfide) groups is 1. The van der Waals surface area contributed by atoms with Gasteiger partial charge in [0.05, 0.1) is 17.4 Å². The third kappa shape index (κ3) is 5.74. The molecule has 1 amide bonds. The molecule has 0 unspecified atom stereocenters. The first-order valence-corrected chi connectivity index (χ1v) is 9.12. The van der Waals surface area contributed by atoms with Gasteiger partial charge in [0.25, 0.3) is 11.1 Å². The van der Waals surface area contributed by atoms with Crippen molar-refractivity contribution in [1.82, 2.24) is 10.2 Å². The molecule has 0 aliphatic rings. The van der Waals surface area contributed by atoms with E-state index in [1.54, 1.807) is 48.5 Å². The van der Waals surface area contributed by atoms with Crippen LogP contribution in [0.4, 0.5) is 5.69 Å². The fraction of sp³-hybridized carbons (Fsp3) is 0.111. The first-order chi connectivity index (χ1) is 13.1. The fourth-order valence-electron chi connectivity index (χ4n) is 2.02. The number of carbonyl (C=O) groups excluding carboxylic acids is 1. The van der Waals surface area contributed by atoms with Crippen LogP contribution >= 0.6 is 23.4 Å². The van der Waals surface area contributed by atoms with Gasteiger partial charge in [-0.15, -0.1) is 10.2 Å². The molecule has 1 N–H and O–H groups in total. The minimum absolute atomic E-state index is 0.0937. The monoisotopic (exact) mass is 400 g/mol. The maximum atomic E-state index is 12.0. The maximum absolute atomic E-state index is 12.0. The third-order valence-electron chi connectivity index (χ3n) is 3.23. The third-order valence-corrected chi connectivity index (χ3v) is 4.30. The molecule has 3 rings (SSSR count). The Morgan fingerprint density at radius 1 is 1.26 bits per heavy atom. The Balaban J connectivity index is 1.46. The average Bonchev–Trinajstić information content (AvgIpc) is 3.14. The number of amides is 1. The van der Waals surface area contributed by atoms with E-state index in [9.17, 15) is 4.79 Å². The lowest BCUT2D eigenvalue weighted by atomic mass is 10.2. The highest BCUT2D eigenvalue weighted by atomic mass is 35.5. The van der Waals surface area contributed by atoms with Gasteiger partial charge in [0.1, 0.15) is 5.75 Å². The number of rotatable bonds is 7. The minimum atomic E-state index is -0.243. The Bertz CT molecular complexity index is 969. The second kappa shape index (κ2) is 9.07. The van der Waals surface area contributed by atoms with Crippen LogP contribution in [-0.2, 0) is 11.4 Å². The zero-order valence-corrected chi connectivity index (χ0v) is 15.5. The molecule has 0 bridgehead atoms. The number of ether oxygens (including phenoxy) is 1. The Morgan fingerprint density at radius 3 is 2.85 bits per heavy atom. The smallest absolute Gasteiger partial charge is 0.277 e. The van der Waals surface area contributed by atoms with Crippen molar-refractivity contribution in [3.05, 3.63) is 65.0 Å². The first kappa shape index (κ1) is 18.8. The lowest BCUT2D eigenvalue weighted by Crippen LogP contribution is -2.14.